The second-order valence-corrected chi connectivity index (χ2v) is 5.36. The minimum atomic E-state index is -0.643. The van der Waals surface area contributed by atoms with Crippen LogP contribution in [0.2, 0.25) is 0 Å². The van der Waals surface area contributed by atoms with Gasteiger partial charge in [0.15, 0.2) is 12.4 Å². The molecule has 0 fully saturated rings. The number of carbonyl (C=O) groups excluding carboxylic acids is 3. The Labute approximate surface area is 151 Å². The van der Waals surface area contributed by atoms with Crippen molar-refractivity contribution >= 4 is 29.4 Å². The molecular formula is C20H19NO5. The third-order valence-corrected chi connectivity index (χ3v) is 3.45. The van der Waals surface area contributed by atoms with Gasteiger partial charge in [-0.1, -0.05) is 24.3 Å². The van der Waals surface area contributed by atoms with Crippen molar-refractivity contribution in [3.8, 4) is 5.75 Å². The van der Waals surface area contributed by atoms with Crippen LogP contribution in [0.3, 0.4) is 0 Å². The number of benzene rings is 2. The number of carbonyl (C=O) groups is 3. The Balaban J connectivity index is 1.86. The Morgan fingerprint density at radius 1 is 1.04 bits per heavy atom. The predicted molar refractivity (Wildman–Crippen MR) is 98.1 cm³/mol. The molecule has 0 aliphatic rings. The molecule has 134 valence electrons. The van der Waals surface area contributed by atoms with E-state index in [4.69, 9.17) is 9.47 Å². The normalized spacial score (nSPS) is 10.4. The Morgan fingerprint density at radius 2 is 1.73 bits per heavy atom. The van der Waals surface area contributed by atoms with E-state index >= 15 is 0 Å². The third kappa shape index (κ3) is 5.59. The van der Waals surface area contributed by atoms with Gasteiger partial charge < -0.3 is 14.8 Å². The first kappa shape index (κ1) is 18.9. The fourth-order valence-corrected chi connectivity index (χ4v) is 2.15. The zero-order valence-electron chi connectivity index (χ0n) is 14.5. The topological polar surface area (TPSA) is 81.7 Å². The maximum Gasteiger partial charge on any atom is 0.331 e. The van der Waals surface area contributed by atoms with Gasteiger partial charge in [0.2, 0.25) is 0 Å². The molecule has 0 unspecified atom stereocenters. The monoisotopic (exact) mass is 353 g/mol. The fourth-order valence-electron chi connectivity index (χ4n) is 2.15. The first-order valence-corrected chi connectivity index (χ1v) is 7.88. The SMILES string of the molecule is COc1ccc(C=CC(=O)OCC(=O)Nc2ccccc2C(C)=O)cc1. The number of amides is 1. The fraction of sp³-hybridized carbons (Fsp3) is 0.150. The summed E-state index contributed by atoms with van der Waals surface area (Å²) in [6.45, 7) is 0.965. The molecule has 0 saturated heterocycles. The Hall–Kier alpha value is -3.41. The molecular weight excluding hydrogens is 334 g/mol. The summed E-state index contributed by atoms with van der Waals surface area (Å²) in [5, 5.41) is 2.56. The number of methoxy groups -OCH3 is 1. The number of anilines is 1. The van der Waals surface area contributed by atoms with Crippen molar-refractivity contribution in [3.05, 3.63) is 65.7 Å². The molecule has 2 aromatic carbocycles. The average molecular weight is 353 g/mol. The lowest BCUT2D eigenvalue weighted by molar-refractivity contribution is -0.142. The molecule has 6 heteroatoms. The highest BCUT2D eigenvalue weighted by atomic mass is 16.5. The molecule has 0 aliphatic heterocycles. The second kappa shape index (κ2) is 9.17. The predicted octanol–water partition coefficient (Wildman–Crippen LogP) is 3.09. The number of Topliss-reactive ketones (excluding diaryl/α,β-unsaturated/α-hetero) is 1. The van der Waals surface area contributed by atoms with E-state index in [1.807, 2.05) is 0 Å². The zero-order valence-corrected chi connectivity index (χ0v) is 14.5. The highest BCUT2D eigenvalue weighted by molar-refractivity contribution is 6.04. The van der Waals surface area contributed by atoms with Crippen molar-refractivity contribution in [2.45, 2.75) is 6.92 Å². The number of esters is 1. The number of ketones is 1. The van der Waals surface area contributed by atoms with E-state index < -0.39 is 18.5 Å². The van der Waals surface area contributed by atoms with Gasteiger partial charge in [-0.05, 0) is 42.8 Å². The highest BCUT2D eigenvalue weighted by Gasteiger charge is 2.10. The van der Waals surface area contributed by atoms with Crippen molar-refractivity contribution in [1.82, 2.24) is 0 Å². The smallest absolute Gasteiger partial charge is 0.331 e. The molecule has 6 nitrogen and oxygen atoms in total. The van der Waals surface area contributed by atoms with Gasteiger partial charge in [0, 0.05) is 11.6 Å². The van der Waals surface area contributed by atoms with Gasteiger partial charge in [0.25, 0.3) is 5.91 Å². The Morgan fingerprint density at radius 3 is 2.38 bits per heavy atom. The van der Waals surface area contributed by atoms with E-state index in [2.05, 4.69) is 5.32 Å². The maximum atomic E-state index is 11.9. The molecule has 0 aromatic heterocycles. The summed E-state index contributed by atoms with van der Waals surface area (Å²) in [6.07, 6.45) is 2.81. The van der Waals surface area contributed by atoms with Crippen molar-refractivity contribution in [3.63, 3.8) is 0 Å². The van der Waals surface area contributed by atoms with Crippen molar-refractivity contribution in [2.24, 2.45) is 0 Å². The number of rotatable bonds is 7. The molecule has 1 N–H and O–H groups in total. The molecule has 0 radical (unpaired) electrons. The lowest BCUT2D eigenvalue weighted by Crippen LogP contribution is -2.21. The molecule has 0 saturated carbocycles. The van der Waals surface area contributed by atoms with Crippen LogP contribution in [0.4, 0.5) is 5.69 Å². The van der Waals surface area contributed by atoms with E-state index in [-0.39, 0.29) is 5.78 Å². The summed E-state index contributed by atoms with van der Waals surface area (Å²) in [5.74, 6) is -0.617. The second-order valence-electron chi connectivity index (χ2n) is 5.36. The van der Waals surface area contributed by atoms with Crippen LogP contribution in [-0.2, 0) is 14.3 Å². The summed E-state index contributed by atoms with van der Waals surface area (Å²) < 4.78 is 9.95. The van der Waals surface area contributed by atoms with Crippen LogP contribution in [0.1, 0.15) is 22.8 Å². The number of nitrogens with one attached hydrogen (secondary N) is 1. The van der Waals surface area contributed by atoms with E-state index in [9.17, 15) is 14.4 Å². The number of hydrogen-bond acceptors (Lipinski definition) is 5. The van der Waals surface area contributed by atoms with Crippen LogP contribution in [-0.4, -0.2) is 31.4 Å². The molecule has 1 amide bonds. The van der Waals surface area contributed by atoms with Gasteiger partial charge in [0.05, 0.1) is 12.8 Å². The molecule has 0 atom stereocenters. The molecule has 2 aromatic rings. The summed E-state index contributed by atoms with van der Waals surface area (Å²) in [4.78, 5) is 35.1. The van der Waals surface area contributed by atoms with Gasteiger partial charge in [-0.3, -0.25) is 9.59 Å². The van der Waals surface area contributed by atoms with Crippen molar-refractivity contribution in [2.75, 3.05) is 19.0 Å². The summed E-state index contributed by atoms with van der Waals surface area (Å²) in [7, 11) is 1.57. The minimum absolute atomic E-state index is 0.166. The number of hydrogen-bond donors (Lipinski definition) is 1. The van der Waals surface area contributed by atoms with Crippen LogP contribution in [0.15, 0.2) is 54.6 Å². The van der Waals surface area contributed by atoms with Gasteiger partial charge in [0.1, 0.15) is 5.75 Å². The lowest BCUT2D eigenvalue weighted by atomic mass is 10.1. The van der Waals surface area contributed by atoms with Crippen LogP contribution < -0.4 is 10.1 Å². The molecule has 0 spiro atoms. The largest absolute Gasteiger partial charge is 0.497 e. The number of ether oxygens (including phenoxy) is 2. The molecule has 0 heterocycles. The summed E-state index contributed by atoms with van der Waals surface area (Å²) in [5.41, 5.74) is 1.57. The summed E-state index contributed by atoms with van der Waals surface area (Å²) in [6, 6.07) is 13.7. The van der Waals surface area contributed by atoms with Crippen LogP contribution in [0.5, 0.6) is 5.75 Å². The van der Waals surface area contributed by atoms with Crippen molar-refractivity contribution < 1.29 is 23.9 Å². The third-order valence-electron chi connectivity index (χ3n) is 3.45. The average Bonchev–Trinajstić information content (AvgIpc) is 2.65. The summed E-state index contributed by atoms with van der Waals surface area (Å²) >= 11 is 0. The zero-order chi connectivity index (χ0) is 18.9. The van der Waals surface area contributed by atoms with Gasteiger partial charge in [-0.2, -0.15) is 0 Å². The van der Waals surface area contributed by atoms with Gasteiger partial charge >= 0.3 is 5.97 Å². The Kier molecular flexibility index (Phi) is 6.68. The molecule has 26 heavy (non-hydrogen) atoms. The molecule has 0 aliphatic carbocycles. The Bertz CT molecular complexity index is 824. The highest BCUT2D eigenvalue weighted by Crippen LogP contribution is 2.15. The van der Waals surface area contributed by atoms with Crippen LogP contribution in [0, 0.1) is 0 Å². The first-order chi connectivity index (χ1) is 12.5. The molecule has 0 bridgehead atoms. The van der Waals surface area contributed by atoms with E-state index in [1.165, 1.54) is 13.0 Å². The van der Waals surface area contributed by atoms with E-state index in [0.29, 0.717) is 17.0 Å². The molecule has 2 rings (SSSR count). The van der Waals surface area contributed by atoms with Crippen LogP contribution in [0.25, 0.3) is 6.08 Å². The standard InChI is InChI=1S/C20H19NO5/c1-14(22)17-5-3-4-6-18(17)21-19(23)13-26-20(24)12-9-15-7-10-16(25-2)11-8-15/h3-12H,13H2,1-2H3,(H,21,23). The maximum absolute atomic E-state index is 11.9. The van der Waals surface area contributed by atoms with E-state index in [1.54, 1.807) is 61.7 Å². The minimum Gasteiger partial charge on any atom is -0.497 e. The quantitative estimate of drug-likeness (QED) is 0.470. The van der Waals surface area contributed by atoms with Gasteiger partial charge in [-0.25, -0.2) is 4.79 Å². The van der Waals surface area contributed by atoms with Gasteiger partial charge in [-0.15, -0.1) is 0 Å². The van der Waals surface area contributed by atoms with E-state index in [0.717, 1.165) is 5.56 Å². The van der Waals surface area contributed by atoms with Crippen LogP contribution >= 0.6 is 0 Å². The number of para-hydroxylation sites is 1. The lowest BCUT2D eigenvalue weighted by Gasteiger charge is -2.08. The first-order valence-electron chi connectivity index (χ1n) is 7.88. The van der Waals surface area contributed by atoms with Crippen molar-refractivity contribution in [1.29, 1.82) is 0 Å².